The zero-order valence-electron chi connectivity index (χ0n) is 5.42. The Morgan fingerprint density at radius 3 is 1.30 bits per heavy atom. The number of nitrogens with zero attached hydrogens (tertiary/aromatic N) is 1. The van der Waals surface area contributed by atoms with E-state index in [0.717, 1.165) is 0 Å². The molecule has 10 heavy (non-hydrogen) atoms. The van der Waals surface area contributed by atoms with Gasteiger partial charge in [0.1, 0.15) is 0 Å². The summed E-state index contributed by atoms with van der Waals surface area (Å²) in [5.41, 5.74) is 0. The van der Waals surface area contributed by atoms with E-state index in [1.807, 2.05) is 0 Å². The summed E-state index contributed by atoms with van der Waals surface area (Å²) in [4.78, 5) is 32.4. The molecule has 0 saturated heterocycles. The van der Waals surface area contributed by atoms with Crippen LogP contribution in [0.4, 0.5) is 0 Å². The maximum atomic E-state index is 8.66. The molecule has 0 heterocycles. The average Bonchev–Trinajstić information content (AvgIpc) is 1.27. The van der Waals surface area contributed by atoms with Gasteiger partial charge in [0.25, 0.3) is 0 Å². The van der Waals surface area contributed by atoms with Crippen molar-refractivity contribution >= 4 is 7.82 Å². The van der Waals surface area contributed by atoms with Crippen LogP contribution in [0.2, 0.25) is 0 Å². The normalized spacial score (nSPS) is 7.10. The fourth-order valence-electron chi connectivity index (χ4n) is 0. The minimum Gasteiger partial charge on any atom is -0.790 e. The van der Waals surface area contributed by atoms with Gasteiger partial charge in [-0.3, -0.25) is 0 Å². The van der Waals surface area contributed by atoms with Crippen LogP contribution in [0.1, 0.15) is 0 Å². The molecule has 50 valence electrons. The van der Waals surface area contributed by atoms with Crippen molar-refractivity contribution in [2.45, 2.75) is 0 Å². The molecule has 0 atom stereocenters. The predicted octanol–water partition coefficient (Wildman–Crippen LogP) is -8.04. The van der Waals surface area contributed by atoms with E-state index in [2.05, 4.69) is 0 Å². The summed E-state index contributed by atoms with van der Waals surface area (Å²) in [6.07, 6.45) is 0. The van der Waals surface area contributed by atoms with Crippen molar-refractivity contribution in [3.05, 3.63) is 4.91 Å². The van der Waals surface area contributed by atoms with Gasteiger partial charge in [-0.05, 0) is 0 Å². The van der Waals surface area contributed by atoms with Crippen molar-refractivity contribution in [3.63, 3.8) is 0 Å². The summed E-state index contributed by atoms with van der Waals surface area (Å²) < 4.78 is 8.66. The molecule has 0 bridgehead atoms. The molecule has 0 aliphatic carbocycles. The average molecular weight is 189 g/mol. The maximum absolute atomic E-state index is 8.66. The first-order chi connectivity index (χ1) is 3.41. The monoisotopic (exact) mass is 189 g/mol. The summed E-state index contributed by atoms with van der Waals surface area (Å²) in [6, 6.07) is 0. The Morgan fingerprint density at radius 2 is 1.30 bits per heavy atom. The Labute approximate surface area is 101 Å². The van der Waals surface area contributed by atoms with Gasteiger partial charge in [-0.1, -0.05) is 0 Å². The summed E-state index contributed by atoms with van der Waals surface area (Å²) in [6.45, 7) is 0. The van der Waals surface area contributed by atoms with Gasteiger partial charge in [-0.2, -0.15) is 0 Å². The van der Waals surface area contributed by atoms with Crippen molar-refractivity contribution in [2.24, 2.45) is 5.34 Å². The van der Waals surface area contributed by atoms with E-state index in [9.17, 15) is 0 Å². The van der Waals surface area contributed by atoms with E-state index in [1.54, 1.807) is 0 Å². The zero-order valence-corrected chi connectivity index (χ0v) is 10.3. The van der Waals surface area contributed by atoms with E-state index < -0.39 is 7.82 Å². The predicted molar refractivity (Wildman–Crippen MR) is 17.4 cm³/mol. The van der Waals surface area contributed by atoms with Gasteiger partial charge in [0.05, 0.1) is 7.82 Å². The van der Waals surface area contributed by atoms with Crippen LogP contribution in [0.15, 0.2) is 5.34 Å². The van der Waals surface area contributed by atoms with Gasteiger partial charge in [-0.25, -0.2) is 0 Å². The van der Waals surface area contributed by atoms with Gasteiger partial charge in [0, 0.05) is 0 Å². The molecule has 0 rings (SSSR count). The Bertz CT molecular complexity index is 89.7. The van der Waals surface area contributed by atoms with Crippen LogP contribution in [-0.2, 0) is 4.57 Å². The second kappa shape index (κ2) is 13.1. The Morgan fingerprint density at radius 1 is 1.30 bits per heavy atom. The number of rotatable bonds is 0. The molecule has 0 amide bonds. The van der Waals surface area contributed by atoms with E-state index >= 15 is 0 Å². The third kappa shape index (κ3) is 302. The van der Waals surface area contributed by atoms with E-state index in [1.165, 1.54) is 5.34 Å². The molecular weight excluding hydrogens is 187 g/mol. The molecule has 0 aliphatic rings. The summed E-state index contributed by atoms with van der Waals surface area (Å²) >= 11 is 0. The molecule has 0 spiro atoms. The van der Waals surface area contributed by atoms with Crippen molar-refractivity contribution < 1.29 is 83.6 Å². The molecule has 7 nitrogen and oxygen atoms in total. The first-order valence-electron chi connectivity index (χ1n) is 1.13. The van der Waals surface area contributed by atoms with Gasteiger partial charge < -0.3 is 24.5 Å². The Hall–Kier alpha value is 1.51. The molecule has 10 heteroatoms. The van der Waals surface area contributed by atoms with Crippen LogP contribution in [0, 0.1) is 4.91 Å². The zero-order chi connectivity index (χ0) is 7.21. The van der Waals surface area contributed by atoms with Gasteiger partial charge >= 0.3 is 59.1 Å². The topological polar surface area (TPSA) is 133 Å². The minimum atomic E-state index is -5.14. The van der Waals surface area contributed by atoms with E-state index in [0.29, 0.717) is 0 Å². The van der Waals surface area contributed by atoms with Crippen molar-refractivity contribution in [3.8, 4) is 0 Å². The molecule has 0 aromatic carbocycles. The van der Waals surface area contributed by atoms with Crippen LogP contribution in [0.5, 0.6) is 0 Å². The van der Waals surface area contributed by atoms with Gasteiger partial charge in [-0.15, -0.1) is 4.91 Å². The fraction of sp³-hybridized carbons (Fsp3) is 0. The number of hydrogen-bond donors (Lipinski definition) is 2. The number of hydrogen-bond acceptors (Lipinski definition) is 5. The number of phosphoric acid groups is 1. The molecule has 0 saturated carbocycles. The van der Waals surface area contributed by atoms with Gasteiger partial charge in [0.15, 0.2) is 5.34 Å². The second-order valence-electron chi connectivity index (χ2n) is 0.550. The molecule has 0 aromatic rings. The largest absolute Gasteiger partial charge is 1.00 e. The second-order valence-corrected chi connectivity index (χ2v) is 1.49. The van der Waals surface area contributed by atoms with Crippen LogP contribution in [0.25, 0.3) is 0 Å². The van der Waals surface area contributed by atoms with E-state index in [4.69, 9.17) is 29.4 Å². The molecule has 0 aromatic heterocycles. The molecule has 2 N–H and O–H groups in total. The Kier molecular flexibility index (Phi) is 29.6. The Balaban J connectivity index is -0.0000000326. The molecule has 0 aliphatic heterocycles. The smallest absolute Gasteiger partial charge is 0.790 e. The molecular formula is H2NNa2O6P. The quantitative estimate of drug-likeness (QED) is 0.168. The third-order valence-electron chi connectivity index (χ3n) is 0. The van der Waals surface area contributed by atoms with E-state index in [-0.39, 0.29) is 59.1 Å². The van der Waals surface area contributed by atoms with Crippen molar-refractivity contribution in [1.82, 2.24) is 0 Å². The van der Waals surface area contributed by atoms with Crippen molar-refractivity contribution in [2.75, 3.05) is 0 Å². The van der Waals surface area contributed by atoms with Gasteiger partial charge in [0.2, 0.25) is 0 Å². The standard InChI is InChI=1S/HNO2.2Na.H3O4P/c2-1-3;;;1-5(2,3)4/h(H,2,3);;;(H3,1,2,3,4)/q;2*+1;/p-2. The van der Waals surface area contributed by atoms with Crippen LogP contribution in [-0.4, -0.2) is 10.1 Å². The summed E-state index contributed by atoms with van der Waals surface area (Å²) in [5.74, 6) is 0. The maximum Gasteiger partial charge on any atom is 1.00 e. The third-order valence-corrected chi connectivity index (χ3v) is 0. The summed E-state index contributed by atoms with van der Waals surface area (Å²) in [5, 5.41) is 7.89. The van der Waals surface area contributed by atoms with Crippen molar-refractivity contribution in [1.29, 1.82) is 0 Å². The molecule has 0 fully saturated rings. The van der Waals surface area contributed by atoms with Crippen LogP contribution in [0.3, 0.4) is 0 Å². The first kappa shape index (κ1) is 22.5. The minimum absolute atomic E-state index is 0. The first-order valence-corrected chi connectivity index (χ1v) is 2.63. The SMILES string of the molecule is O=NO.O=P([O-])([O-])O.[Na+].[Na+]. The summed E-state index contributed by atoms with van der Waals surface area (Å²) in [7, 11) is -5.14. The van der Waals surface area contributed by atoms with Crippen LogP contribution < -0.4 is 68.9 Å². The molecule has 0 unspecified atom stereocenters. The van der Waals surface area contributed by atoms with Crippen LogP contribution >= 0.6 is 7.82 Å². The molecule has 0 radical (unpaired) electrons. The fourth-order valence-corrected chi connectivity index (χ4v) is 0.